The number of hydrogen-bond donors (Lipinski definition) is 1. The van der Waals surface area contributed by atoms with Crippen molar-refractivity contribution in [3.8, 4) is 5.75 Å². The van der Waals surface area contributed by atoms with Crippen molar-refractivity contribution < 1.29 is 9.53 Å². The van der Waals surface area contributed by atoms with E-state index in [1.165, 1.54) is 0 Å². The van der Waals surface area contributed by atoms with E-state index in [4.69, 9.17) is 4.74 Å². The van der Waals surface area contributed by atoms with E-state index >= 15 is 0 Å². The molecule has 1 atom stereocenters. The zero-order chi connectivity index (χ0) is 15.9. The second kappa shape index (κ2) is 7.64. The molecule has 0 fully saturated rings. The zero-order valence-corrected chi connectivity index (χ0v) is 13.4. The Balaban J connectivity index is 1.95. The van der Waals surface area contributed by atoms with Crippen LogP contribution in [0.2, 0.25) is 0 Å². The lowest BCUT2D eigenvalue weighted by molar-refractivity contribution is -0.121. The summed E-state index contributed by atoms with van der Waals surface area (Å²) in [7, 11) is 1.89. The number of aromatic nitrogens is 2. The van der Waals surface area contributed by atoms with Crippen LogP contribution in [-0.2, 0) is 18.3 Å². The molecular formula is C17H23N3O2. The van der Waals surface area contributed by atoms with E-state index in [1.807, 2.05) is 44.3 Å². The fourth-order valence-corrected chi connectivity index (χ4v) is 2.41. The van der Waals surface area contributed by atoms with E-state index in [1.54, 1.807) is 10.9 Å². The van der Waals surface area contributed by atoms with Gasteiger partial charge in [-0.05, 0) is 37.1 Å². The fraction of sp³-hybridized carbons (Fsp3) is 0.412. The third kappa shape index (κ3) is 4.10. The van der Waals surface area contributed by atoms with Gasteiger partial charge in [-0.3, -0.25) is 9.48 Å². The summed E-state index contributed by atoms with van der Waals surface area (Å²) in [5.74, 6) is 0.838. The zero-order valence-electron chi connectivity index (χ0n) is 13.4. The van der Waals surface area contributed by atoms with Crippen LogP contribution in [0.4, 0.5) is 0 Å². The molecule has 0 radical (unpaired) electrons. The van der Waals surface area contributed by atoms with E-state index in [0.717, 1.165) is 23.4 Å². The van der Waals surface area contributed by atoms with Crippen molar-refractivity contribution in [2.75, 3.05) is 6.61 Å². The summed E-state index contributed by atoms with van der Waals surface area (Å²) in [6, 6.07) is 9.56. The fourth-order valence-electron chi connectivity index (χ4n) is 2.41. The number of rotatable bonds is 7. The molecule has 2 aromatic rings. The van der Waals surface area contributed by atoms with Crippen LogP contribution in [0.15, 0.2) is 36.5 Å². The highest BCUT2D eigenvalue weighted by molar-refractivity contribution is 5.79. The first-order chi connectivity index (χ1) is 10.6. The van der Waals surface area contributed by atoms with Crippen molar-refractivity contribution in [2.24, 2.45) is 7.05 Å². The smallest absolute Gasteiger partial charge is 0.224 e. The van der Waals surface area contributed by atoms with Gasteiger partial charge < -0.3 is 10.1 Å². The molecule has 1 N–H and O–H groups in total. The van der Waals surface area contributed by atoms with Crippen LogP contribution in [0.25, 0.3) is 0 Å². The van der Waals surface area contributed by atoms with E-state index in [-0.39, 0.29) is 11.9 Å². The molecule has 22 heavy (non-hydrogen) atoms. The summed E-state index contributed by atoms with van der Waals surface area (Å²) in [4.78, 5) is 12.2. The molecule has 1 aromatic carbocycles. The van der Waals surface area contributed by atoms with Crippen LogP contribution >= 0.6 is 0 Å². The highest BCUT2D eigenvalue weighted by atomic mass is 16.5. The number of hydrogen-bond acceptors (Lipinski definition) is 3. The molecule has 2 rings (SSSR count). The first-order valence-electron chi connectivity index (χ1n) is 7.63. The molecule has 5 heteroatoms. The molecule has 1 unspecified atom stereocenters. The molecule has 0 aliphatic heterocycles. The minimum atomic E-state index is -0.0114. The van der Waals surface area contributed by atoms with Crippen molar-refractivity contribution in [1.82, 2.24) is 15.1 Å². The summed E-state index contributed by atoms with van der Waals surface area (Å²) < 4.78 is 7.20. The molecule has 0 aliphatic carbocycles. The van der Waals surface area contributed by atoms with Crippen molar-refractivity contribution in [1.29, 1.82) is 0 Å². The van der Waals surface area contributed by atoms with Crippen LogP contribution in [0.5, 0.6) is 5.75 Å². The van der Waals surface area contributed by atoms with E-state index in [9.17, 15) is 4.79 Å². The lowest BCUT2D eigenvalue weighted by Gasteiger charge is -2.17. The Hall–Kier alpha value is -2.30. The third-order valence-corrected chi connectivity index (χ3v) is 3.56. The summed E-state index contributed by atoms with van der Waals surface area (Å²) in [5, 5.41) is 7.22. The Morgan fingerprint density at radius 2 is 2.00 bits per heavy atom. The molecule has 1 aromatic heterocycles. The molecule has 1 amide bonds. The van der Waals surface area contributed by atoms with Gasteiger partial charge in [0.15, 0.2) is 0 Å². The van der Waals surface area contributed by atoms with Gasteiger partial charge in [0, 0.05) is 13.2 Å². The SMILES string of the molecule is CCOc1ccc(CC(=O)NC(CC)c2ccnn2C)cc1. The maximum atomic E-state index is 12.2. The molecule has 0 spiro atoms. The van der Waals surface area contributed by atoms with Crippen LogP contribution in [0.1, 0.15) is 37.6 Å². The minimum Gasteiger partial charge on any atom is -0.494 e. The third-order valence-electron chi connectivity index (χ3n) is 3.56. The average molecular weight is 301 g/mol. The van der Waals surface area contributed by atoms with Gasteiger partial charge >= 0.3 is 0 Å². The number of amides is 1. The topological polar surface area (TPSA) is 56.1 Å². The number of nitrogens with zero attached hydrogens (tertiary/aromatic N) is 2. The van der Waals surface area contributed by atoms with Crippen molar-refractivity contribution in [3.63, 3.8) is 0 Å². The summed E-state index contributed by atoms with van der Waals surface area (Å²) in [6.45, 7) is 4.64. The second-order valence-electron chi connectivity index (χ2n) is 5.16. The molecule has 5 nitrogen and oxygen atoms in total. The number of carbonyl (C=O) groups excluding carboxylic acids is 1. The monoisotopic (exact) mass is 301 g/mol. The average Bonchev–Trinajstić information content (AvgIpc) is 2.93. The first kappa shape index (κ1) is 16.1. The second-order valence-corrected chi connectivity index (χ2v) is 5.16. The standard InChI is InChI=1S/C17H23N3O2/c1-4-15(16-10-11-18-20(16)3)19-17(21)12-13-6-8-14(9-7-13)22-5-2/h6-11,15H,4-5,12H2,1-3H3,(H,19,21). The Labute approximate surface area is 131 Å². The molecule has 118 valence electrons. The number of aryl methyl sites for hydroxylation is 1. The number of benzene rings is 1. The maximum absolute atomic E-state index is 12.2. The Bertz CT molecular complexity index is 605. The van der Waals surface area contributed by atoms with E-state index in [2.05, 4.69) is 17.3 Å². The Morgan fingerprint density at radius 3 is 2.55 bits per heavy atom. The Morgan fingerprint density at radius 1 is 1.27 bits per heavy atom. The van der Waals surface area contributed by atoms with Crippen molar-refractivity contribution in [2.45, 2.75) is 32.7 Å². The number of ether oxygens (including phenoxy) is 1. The molecule has 0 saturated carbocycles. The van der Waals surface area contributed by atoms with E-state index in [0.29, 0.717) is 13.0 Å². The van der Waals surface area contributed by atoms with Gasteiger partial charge in [0.05, 0.1) is 24.8 Å². The van der Waals surface area contributed by atoms with Gasteiger partial charge in [-0.1, -0.05) is 19.1 Å². The van der Waals surface area contributed by atoms with Crippen LogP contribution < -0.4 is 10.1 Å². The molecule has 0 aliphatic rings. The van der Waals surface area contributed by atoms with Crippen LogP contribution in [-0.4, -0.2) is 22.3 Å². The highest BCUT2D eigenvalue weighted by Crippen LogP contribution is 2.16. The summed E-state index contributed by atoms with van der Waals surface area (Å²) >= 11 is 0. The predicted molar refractivity (Wildman–Crippen MR) is 85.7 cm³/mol. The highest BCUT2D eigenvalue weighted by Gasteiger charge is 2.15. The van der Waals surface area contributed by atoms with Gasteiger partial charge in [-0.2, -0.15) is 5.10 Å². The largest absolute Gasteiger partial charge is 0.494 e. The number of carbonyl (C=O) groups is 1. The quantitative estimate of drug-likeness (QED) is 0.855. The molecule has 0 saturated heterocycles. The van der Waals surface area contributed by atoms with Gasteiger partial charge in [-0.15, -0.1) is 0 Å². The molecule has 0 bridgehead atoms. The van der Waals surface area contributed by atoms with Crippen molar-refractivity contribution >= 4 is 5.91 Å². The molecule has 1 heterocycles. The van der Waals surface area contributed by atoms with Gasteiger partial charge in [0.2, 0.25) is 5.91 Å². The van der Waals surface area contributed by atoms with Gasteiger partial charge in [0.25, 0.3) is 0 Å². The summed E-state index contributed by atoms with van der Waals surface area (Å²) in [6.07, 6.45) is 2.94. The molecular weight excluding hydrogens is 278 g/mol. The van der Waals surface area contributed by atoms with Gasteiger partial charge in [-0.25, -0.2) is 0 Å². The van der Waals surface area contributed by atoms with Crippen molar-refractivity contribution in [3.05, 3.63) is 47.8 Å². The summed E-state index contributed by atoms with van der Waals surface area (Å²) in [5.41, 5.74) is 1.99. The normalized spacial score (nSPS) is 12.0. The van der Waals surface area contributed by atoms with Crippen LogP contribution in [0, 0.1) is 0 Å². The van der Waals surface area contributed by atoms with E-state index < -0.39 is 0 Å². The lowest BCUT2D eigenvalue weighted by Crippen LogP contribution is -2.30. The van der Waals surface area contributed by atoms with Crippen LogP contribution in [0.3, 0.4) is 0 Å². The minimum absolute atomic E-state index is 0.0113. The first-order valence-corrected chi connectivity index (χ1v) is 7.63. The Kier molecular flexibility index (Phi) is 5.58. The predicted octanol–water partition coefficient (Wildman–Crippen LogP) is 2.63. The number of nitrogens with one attached hydrogen (secondary N) is 1. The van der Waals surface area contributed by atoms with Gasteiger partial charge in [0.1, 0.15) is 5.75 Å². The lowest BCUT2D eigenvalue weighted by atomic mass is 10.1. The maximum Gasteiger partial charge on any atom is 0.224 e.